The Morgan fingerprint density at radius 1 is 1.50 bits per heavy atom. The Kier molecular flexibility index (Phi) is 2.45. The molecular weight excluding hydrogens is 194 g/mol. The minimum atomic E-state index is -0.626. The average Bonchev–Trinajstić information content (AvgIpc) is 2.17. The van der Waals surface area contributed by atoms with Crippen molar-refractivity contribution in [2.45, 2.75) is 25.5 Å². The number of hydrogen-bond donors (Lipinski definition) is 1. The summed E-state index contributed by atoms with van der Waals surface area (Å²) >= 11 is 4.86. The van der Waals surface area contributed by atoms with Crippen LogP contribution in [0.1, 0.15) is 20.8 Å². The van der Waals surface area contributed by atoms with Crippen molar-refractivity contribution < 1.29 is 9.59 Å². The molecule has 1 saturated heterocycles. The topological polar surface area (TPSA) is 37.4 Å². The predicted molar refractivity (Wildman–Crippen MR) is 52.1 cm³/mol. The van der Waals surface area contributed by atoms with E-state index >= 15 is 0 Å². The summed E-state index contributed by atoms with van der Waals surface area (Å²) in [5.74, 6) is -0.0769. The molecule has 12 heavy (non-hydrogen) atoms. The molecule has 0 saturated carbocycles. The van der Waals surface area contributed by atoms with E-state index in [0.717, 1.165) is 16.1 Å². The molecule has 0 aliphatic carbocycles. The predicted octanol–water partition coefficient (Wildman–Crippen LogP) is 1.94. The van der Waals surface area contributed by atoms with Gasteiger partial charge in [0.15, 0.2) is 0 Å². The molecule has 0 aromatic rings. The van der Waals surface area contributed by atoms with Gasteiger partial charge in [0.1, 0.15) is 4.75 Å². The number of rotatable bonds is 1. The van der Waals surface area contributed by atoms with Crippen molar-refractivity contribution in [1.82, 2.24) is 4.31 Å². The first-order chi connectivity index (χ1) is 5.39. The molecule has 1 unspecified atom stereocenters. The maximum Gasteiger partial charge on any atom is 0.299 e. The summed E-state index contributed by atoms with van der Waals surface area (Å²) in [6.07, 6.45) is 0. The van der Waals surface area contributed by atoms with Crippen LogP contribution in [0.4, 0.5) is 4.79 Å². The number of thiol groups is 1. The van der Waals surface area contributed by atoms with E-state index in [-0.39, 0.29) is 17.1 Å². The van der Waals surface area contributed by atoms with Crippen LogP contribution >= 0.6 is 24.6 Å². The fourth-order valence-corrected chi connectivity index (χ4v) is 2.27. The highest BCUT2D eigenvalue weighted by Gasteiger charge is 2.50. The molecule has 1 atom stereocenters. The first-order valence-corrected chi connectivity index (χ1v) is 4.87. The van der Waals surface area contributed by atoms with Gasteiger partial charge in [0, 0.05) is 0 Å². The van der Waals surface area contributed by atoms with Gasteiger partial charge in [-0.15, -0.1) is 0 Å². The number of hydrogen-bond acceptors (Lipinski definition) is 4. The number of nitrogens with zero attached hydrogens (tertiary/aromatic N) is 1. The van der Waals surface area contributed by atoms with Crippen LogP contribution in [0.3, 0.4) is 0 Å². The zero-order valence-corrected chi connectivity index (χ0v) is 8.91. The van der Waals surface area contributed by atoms with Crippen LogP contribution in [0.15, 0.2) is 0 Å². The molecule has 3 nitrogen and oxygen atoms in total. The summed E-state index contributed by atoms with van der Waals surface area (Å²) in [5, 5.41) is -0.278. The normalized spacial score (nSPS) is 30.6. The summed E-state index contributed by atoms with van der Waals surface area (Å²) in [4.78, 5) is 22.6. The lowest BCUT2D eigenvalue weighted by Gasteiger charge is -2.23. The van der Waals surface area contributed by atoms with E-state index in [9.17, 15) is 9.59 Å². The second-order valence-corrected chi connectivity index (χ2v) is 5.05. The van der Waals surface area contributed by atoms with Crippen molar-refractivity contribution in [3.8, 4) is 0 Å². The monoisotopic (exact) mass is 205 g/mol. The fraction of sp³-hybridized carbons (Fsp3) is 0.714. The minimum absolute atomic E-state index is 0.135. The first-order valence-electron chi connectivity index (χ1n) is 3.66. The Morgan fingerprint density at radius 3 is 2.17 bits per heavy atom. The molecule has 1 fully saturated rings. The third-order valence-corrected chi connectivity index (χ3v) is 4.12. The molecule has 0 bridgehead atoms. The van der Waals surface area contributed by atoms with Crippen molar-refractivity contribution >= 4 is 35.7 Å². The number of imide groups is 1. The summed E-state index contributed by atoms with van der Waals surface area (Å²) in [7, 11) is 0. The molecule has 1 rings (SSSR count). The van der Waals surface area contributed by atoms with Gasteiger partial charge in [0.25, 0.3) is 11.1 Å². The molecule has 0 radical (unpaired) electrons. The molecule has 68 valence electrons. The lowest BCUT2D eigenvalue weighted by Crippen LogP contribution is -2.37. The van der Waals surface area contributed by atoms with E-state index in [0.29, 0.717) is 0 Å². The zero-order valence-electron chi connectivity index (χ0n) is 7.20. The average molecular weight is 205 g/mol. The summed E-state index contributed by atoms with van der Waals surface area (Å²) in [6, 6.07) is 0. The lowest BCUT2D eigenvalue weighted by atomic mass is 9.96. The van der Waals surface area contributed by atoms with Crippen molar-refractivity contribution in [3.63, 3.8) is 0 Å². The van der Waals surface area contributed by atoms with Gasteiger partial charge < -0.3 is 0 Å². The molecule has 1 aliphatic rings. The van der Waals surface area contributed by atoms with Crippen LogP contribution in [0.2, 0.25) is 0 Å². The zero-order chi connectivity index (χ0) is 9.52. The standard InChI is InChI=1S/C7H11NO2S2/c1-4(2)7(3)5(9)8(11)6(10)12-7/h4,11H,1-3H3. The Morgan fingerprint density at radius 2 is 2.00 bits per heavy atom. The van der Waals surface area contributed by atoms with Gasteiger partial charge in [-0.05, 0) is 24.6 Å². The van der Waals surface area contributed by atoms with Gasteiger partial charge in [-0.3, -0.25) is 9.59 Å². The van der Waals surface area contributed by atoms with Crippen LogP contribution in [0, 0.1) is 5.92 Å². The van der Waals surface area contributed by atoms with E-state index in [2.05, 4.69) is 12.8 Å². The van der Waals surface area contributed by atoms with E-state index in [1.807, 2.05) is 13.8 Å². The van der Waals surface area contributed by atoms with Gasteiger partial charge in [-0.2, -0.15) is 0 Å². The molecule has 0 aromatic carbocycles. The quantitative estimate of drug-likeness (QED) is 0.665. The summed E-state index contributed by atoms with van der Waals surface area (Å²) < 4.78 is 0.267. The van der Waals surface area contributed by atoms with Gasteiger partial charge in [-0.25, -0.2) is 4.31 Å². The Bertz CT molecular complexity index is 242. The first kappa shape index (κ1) is 9.92. The molecule has 0 spiro atoms. The van der Waals surface area contributed by atoms with Crippen LogP contribution in [-0.4, -0.2) is 20.2 Å². The third kappa shape index (κ3) is 1.25. The SMILES string of the molecule is CC(C)C1(C)SC(=O)N(S)C1=O. The molecular formula is C7H11NO2S2. The Balaban J connectivity index is 2.97. The van der Waals surface area contributed by atoms with E-state index in [1.165, 1.54) is 0 Å². The van der Waals surface area contributed by atoms with Crippen molar-refractivity contribution in [1.29, 1.82) is 0 Å². The van der Waals surface area contributed by atoms with E-state index in [1.54, 1.807) is 6.92 Å². The van der Waals surface area contributed by atoms with Crippen LogP contribution in [-0.2, 0) is 4.79 Å². The summed E-state index contributed by atoms with van der Waals surface area (Å²) in [5.41, 5.74) is 0. The summed E-state index contributed by atoms with van der Waals surface area (Å²) in [6.45, 7) is 5.62. The van der Waals surface area contributed by atoms with Gasteiger partial charge in [0.05, 0.1) is 0 Å². The highest BCUT2D eigenvalue weighted by molar-refractivity contribution is 8.17. The molecule has 1 heterocycles. The fourth-order valence-electron chi connectivity index (χ4n) is 0.926. The molecule has 1 aliphatic heterocycles. The highest BCUT2D eigenvalue weighted by Crippen LogP contribution is 2.42. The minimum Gasteiger partial charge on any atom is -0.272 e. The number of amides is 2. The second kappa shape index (κ2) is 2.96. The van der Waals surface area contributed by atoms with Crippen LogP contribution in [0.25, 0.3) is 0 Å². The van der Waals surface area contributed by atoms with Gasteiger partial charge in [-0.1, -0.05) is 26.7 Å². The maximum atomic E-state index is 11.5. The number of thioether (sulfide) groups is 1. The van der Waals surface area contributed by atoms with E-state index in [4.69, 9.17) is 0 Å². The van der Waals surface area contributed by atoms with Crippen LogP contribution < -0.4 is 0 Å². The van der Waals surface area contributed by atoms with Gasteiger partial charge in [0.2, 0.25) is 0 Å². The smallest absolute Gasteiger partial charge is 0.272 e. The number of carbonyl (C=O) groups excluding carboxylic acids is 2. The van der Waals surface area contributed by atoms with Crippen molar-refractivity contribution in [2.24, 2.45) is 5.92 Å². The largest absolute Gasteiger partial charge is 0.299 e. The molecule has 0 N–H and O–H groups in total. The Hall–Kier alpha value is -0.160. The Labute approximate surface area is 81.4 Å². The second-order valence-electron chi connectivity index (χ2n) is 3.25. The molecule has 2 amide bonds. The highest BCUT2D eigenvalue weighted by atomic mass is 32.2. The maximum absolute atomic E-state index is 11.5. The van der Waals surface area contributed by atoms with Crippen molar-refractivity contribution in [2.75, 3.05) is 0 Å². The van der Waals surface area contributed by atoms with E-state index < -0.39 is 4.75 Å². The van der Waals surface area contributed by atoms with Crippen molar-refractivity contribution in [3.05, 3.63) is 0 Å². The number of carbonyl (C=O) groups is 2. The molecule has 5 heteroatoms. The molecule has 0 aromatic heterocycles. The van der Waals surface area contributed by atoms with Gasteiger partial charge >= 0.3 is 0 Å². The third-order valence-electron chi connectivity index (χ3n) is 2.19. The van der Waals surface area contributed by atoms with Crippen LogP contribution in [0.5, 0.6) is 0 Å². The lowest BCUT2D eigenvalue weighted by molar-refractivity contribution is -0.126.